The smallest absolute Gasteiger partial charge is 0.265 e. The van der Waals surface area contributed by atoms with Crippen LogP contribution in [-0.4, -0.2) is 33.9 Å². The van der Waals surface area contributed by atoms with Gasteiger partial charge in [0.1, 0.15) is 9.88 Å². The number of hydrogen-bond donors (Lipinski definition) is 0. The first-order valence-corrected chi connectivity index (χ1v) is 8.74. The molecule has 4 nitrogen and oxygen atoms in total. The molecule has 0 saturated heterocycles. The zero-order valence-electron chi connectivity index (χ0n) is 13.3. The van der Waals surface area contributed by atoms with Gasteiger partial charge in [0, 0.05) is 19.3 Å². The van der Waals surface area contributed by atoms with Crippen LogP contribution in [0.1, 0.15) is 49.2 Å². The standard InChI is InChI=1S/C17H23N3OS/c1-3-5-6-9-12-20(4-2)17(21)15-13-19-16(22-15)14-10-7-8-11-18-14/h7-8,10-11,13H,3-6,9,12H2,1-2H3. The van der Waals surface area contributed by atoms with E-state index in [0.29, 0.717) is 4.88 Å². The van der Waals surface area contributed by atoms with E-state index in [1.807, 2.05) is 30.0 Å². The van der Waals surface area contributed by atoms with Crippen LogP contribution in [0.5, 0.6) is 0 Å². The van der Waals surface area contributed by atoms with E-state index in [1.54, 1.807) is 12.4 Å². The lowest BCUT2D eigenvalue weighted by molar-refractivity contribution is 0.0766. The van der Waals surface area contributed by atoms with Gasteiger partial charge in [0.15, 0.2) is 0 Å². The predicted molar refractivity (Wildman–Crippen MR) is 91.1 cm³/mol. The topological polar surface area (TPSA) is 46.1 Å². The van der Waals surface area contributed by atoms with Crippen molar-refractivity contribution in [2.45, 2.75) is 39.5 Å². The molecule has 0 aliphatic heterocycles. The zero-order valence-corrected chi connectivity index (χ0v) is 14.1. The highest BCUT2D eigenvalue weighted by Gasteiger charge is 2.17. The van der Waals surface area contributed by atoms with Gasteiger partial charge in [0.2, 0.25) is 0 Å². The maximum absolute atomic E-state index is 12.6. The minimum absolute atomic E-state index is 0.0821. The molecule has 1 amide bonds. The van der Waals surface area contributed by atoms with Crippen molar-refractivity contribution in [3.05, 3.63) is 35.5 Å². The maximum Gasteiger partial charge on any atom is 0.265 e. The summed E-state index contributed by atoms with van der Waals surface area (Å²) < 4.78 is 0. The summed E-state index contributed by atoms with van der Waals surface area (Å²) in [5, 5.41) is 0.797. The molecule has 2 aromatic heterocycles. The number of nitrogens with zero attached hydrogens (tertiary/aromatic N) is 3. The third kappa shape index (κ3) is 4.37. The van der Waals surface area contributed by atoms with Crippen LogP contribution < -0.4 is 0 Å². The van der Waals surface area contributed by atoms with Gasteiger partial charge >= 0.3 is 0 Å². The highest BCUT2D eigenvalue weighted by Crippen LogP contribution is 2.24. The molecule has 118 valence electrons. The van der Waals surface area contributed by atoms with Crippen molar-refractivity contribution in [3.63, 3.8) is 0 Å². The minimum Gasteiger partial charge on any atom is -0.338 e. The van der Waals surface area contributed by atoms with Crippen molar-refractivity contribution in [2.75, 3.05) is 13.1 Å². The first-order chi connectivity index (χ1) is 10.8. The number of carbonyl (C=O) groups is 1. The molecule has 0 aromatic carbocycles. The van der Waals surface area contributed by atoms with Gasteiger partial charge in [-0.15, -0.1) is 11.3 Å². The number of carbonyl (C=O) groups excluding carboxylic acids is 1. The van der Waals surface area contributed by atoms with Gasteiger partial charge < -0.3 is 4.90 Å². The van der Waals surface area contributed by atoms with E-state index in [2.05, 4.69) is 16.9 Å². The SMILES string of the molecule is CCCCCCN(CC)C(=O)c1cnc(-c2ccccn2)s1. The van der Waals surface area contributed by atoms with E-state index in [0.717, 1.165) is 30.2 Å². The number of aromatic nitrogens is 2. The molecular formula is C17H23N3OS. The summed E-state index contributed by atoms with van der Waals surface area (Å²) in [7, 11) is 0. The summed E-state index contributed by atoms with van der Waals surface area (Å²) in [4.78, 5) is 23.8. The Hall–Kier alpha value is -1.75. The van der Waals surface area contributed by atoms with Crippen molar-refractivity contribution in [1.82, 2.24) is 14.9 Å². The number of hydrogen-bond acceptors (Lipinski definition) is 4. The summed E-state index contributed by atoms with van der Waals surface area (Å²) in [6.07, 6.45) is 8.11. The summed E-state index contributed by atoms with van der Waals surface area (Å²) in [5.41, 5.74) is 0.817. The molecular weight excluding hydrogens is 294 g/mol. The molecule has 0 N–H and O–H groups in total. The second kappa shape index (κ2) is 8.63. The van der Waals surface area contributed by atoms with Crippen LogP contribution in [-0.2, 0) is 0 Å². The number of unbranched alkanes of at least 4 members (excludes halogenated alkanes) is 3. The van der Waals surface area contributed by atoms with Gasteiger partial charge in [-0.1, -0.05) is 32.3 Å². The Balaban J connectivity index is 2.01. The van der Waals surface area contributed by atoms with E-state index >= 15 is 0 Å². The Morgan fingerprint density at radius 2 is 2.05 bits per heavy atom. The van der Waals surface area contributed by atoms with Crippen molar-refractivity contribution in [1.29, 1.82) is 0 Å². The van der Waals surface area contributed by atoms with Gasteiger partial charge in [-0.3, -0.25) is 9.78 Å². The van der Waals surface area contributed by atoms with Crippen molar-refractivity contribution in [2.24, 2.45) is 0 Å². The predicted octanol–water partition coefficient (Wildman–Crippen LogP) is 4.25. The van der Waals surface area contributed by atoms with Crippen LogP contribution in [0.4, 0.5) is 0 Å². The fourth-order valence-corrected chi connectivity index (χ4v) is 3.13. The molecule has 22 heavy (non-hydrogen) atoms. The third-order valence-electron chi connectivity index (χ3n) is 3.55. The van der Waals surface area contributed by atoms with Gasteiger partial charge in [0.25, 0.3) is 5.91 Å². The second-order valence-corrected chi connectivity index (χ2v) is 6.22. The molecule has 2 aromatic rings. The van der Waals surface area contributed by atoms with Crippen LogP contribution in [0, 0.1) is 0 Å². The molecule has 0 atom stereocenters. The average molecular weight is 317 g/mol. The lowest BCUT2D eigenvalue weighted by Crippen LogP contribution is -2.31. The van der Waals surface area contributed by atoms with E-state index in [-0.39, 0.29) is 5.91 Å². The Morgan fingerprint density at radius 3 is 2.73 bits per heavy atom. The van der Waals surface area contributed by atoms with Crippen LogP contribution in [0.2, 0.25) is 0 Å². The average Bonchev–Trinajstić information content (AvgIpc) is 3.05. The molecule has 2 heterocycles. The van der Waals surface area contributed by atoms with Crippen LogP contribution >= 0.6 is 11.3 Å². The molecule has 2 rings (SSSR count). The molecule has 5 heteroatoms. The van der Waals surface area contributed by atoms with Crippen molar-refractivity contribution in [3.8, 4) is 10.7 Å². The largest absolute Gasteiger partial charge is 0.338 e. The van der Waals surface area contributed by atoms with Gasteiger partial charge in [-0.2, -0.15) is 0 Å². The van der Waals surface area contributed by atoms with Crippen LogP contribution in [0.3, 0.4) is 0 Å². The molecule has 0 bridgehead atoms. The lowest BCUT2D eigenvalue weighted by Gasteiger charge is -2.19. The van der Waals surface area contributed by atoms with E-state index in [4.69, 9.17) is 0 Å². The number of rotatable bonds is 8. The Morgan fingerprint density at radius 1 is 1.18 bits per heavy atom. The number of amides is 1. The minimum atomic E-state index is 0.0821. The first-order valence-electron chi connectivity index (χ1n) is 7.92. The monoisotopic (exact) mass is 317 g/mol. The Bertz CT molecular complexity index is 583. The van der Waals surface area contributed by atoms with Gasteiger partial charge in [0.05, 0.1) is 11.9 Å². The van der Waals surface area contributed by atoms with Gasteiger partial charge in [-0.05, 0) is 25.5 Å². The highest BCUT2D eigenvalue weighted by atomic mass is 32.1. The Labute approximate surface area is 136 Å². The third-order valence-corrected chi connectivity index (χ3v) is 4.56. The first kappa shape index (κ1) is 16.6. The number of thiazole rings is 1. The fourth-order valence-electron chi connectivity index (χ4n) is 2.27. The number of pyridine rings is 1. The summed E-state index contributed by atoms with van der Waals surface area (Å²) in [6.45, 7) is 5.78. The van der Waals surface area contributed by atoms with E-state index in [9.17, 15) is 4.79 Å². The maximum atomic E-state index is 12.6. The molecule has 0 spiro atoms. The van der Waals surface area contributed by atoms with E-state index < -0.39 is 0 Å². The Kier molecular flexibility index (Phi) is 6.52. The molecule has 0 saturated carbocycles. The molecule has 0 radical (unpaired) electrons. The van der Waals surface area contributed by atoms with Crippen molar-refractivity contribution < 1.29 is 4.79 Å². The summed E-state index contributed by atoms with van der Waals surface area (Å²) in [5.74, 6) is 0.0821. The normalized spacial score (nSPS) is 10.6. The van der Waals surface area contributed by atoms with Crippen molar-refractivity contribution >= 4 is 17.2 Å². The quantitative estimate of drug-likeness (QED) is 0.684. The highest BCUT2D eigenvalue weighted by molar-refractivity contribution is 7.16. The van der Waals surface area contributed by atoms with E-state index in [1.165, 1.54) is 30.6 Å². The van der Waals surface area contributed by atoms with Crippen LogP contribution in [0.25, 0.3) is 10.7 Å². The molecule has 0 aliphatic carbocycles. The fraction of sp³-hybridized carbons (Fsp3) is 0.471. The van der Waals surface area contributed by atoms with Gasteiger partial charge in [-0.25, -0.2) is 4.98 Å². The molecule has 0 unspecified atom stereocenters. The molecule has 0 aliphatic rings. The van der Waals surface area contributed by atoms with Crippen LogP contribution in [0.15, 0.2) is 30.6 Å². The zero-order chi connectivity index (χ0) is 15.8. The lowest BCUT2D eigenvalue weighted by atomic mass is 10.2. The molecule has 0 fully saturated rings. The summed E-state index contributed by atoms with van der Waals surface area (Å²) >= 11 is 1.42. The summed E-state index contributed by atoms with van der Waals surface area (Å²) in [6, 6.07) is 5.71. The second-order valence-electron chi connectivity index (χ2n) is 5.19.